The number of carbonyl (C=O) groups is 1. The topological polar surface area (TPSA) is 66.9 Å². The molecule has 5 heteroatoms. The van der Waals surface area contributed by atoms with Crippen molar-refractivity contribution in [3.8, 4) is 0 Å². The Morgan fingerprint density at radius 3 is 2.50 bits per heavy atom. The quantitative estimate of drug-likeness (QED) is 0.705. The largest absolute Gasteiger partial charge is 0.339 e. The van der Waals surface area contributed by atoms with E-state index in [1.807, 2.05) is 43.3 Å². The lowest BCUT2D eigenvalue weighted by Crippen LogP contribution is -2.15. The zero-order valence-corrected chi connectivity index (χ0v) is 15.2. The molecular formula is C21H22N4O. The summed E-state index contributed by atoms with van der Waals surface area (Å²) in [6.07, 6.45) is 3.90. The zero-order chi connectivity index (χ0) is 18.5. The molecule has 0 unspecified atom stereocenters. The number of rotatable bonds is 5. The van der Waals surface area contributed by atoms with Crippen molar-refractivity contribution in [2.24, 2.45) is 0 Å². The van der Waals surface area contributed by atoms with E-state index in [0.29, 0.717) is 5.82 Å². The molecule has 0 aliphatic carbocycles. The third-order valence-corrected chi connectivity index (χ3v) is 4.18. The summed E-state index contributed by atoms with van der Waals surface area (Å²) in [6, 6.07) is 13.9. The number of nitrogens with zero attached hydrogens (tertiary/aromatic N) is 2. The number of nitrogens with one attached hydrogen (secondary N) is 2. The third kappa shape index (κ3) is 4.06. The number of aromatic nitrogens is 2. The molecule has 1 aromatic heterocycles. The van der Waals surface area contributed by atoms with Crippen LogP contribution in [0.3, 0.4) is 0 Å². The average Bonchev–Trinajstić information content (AvgIpc) is 2.65. The van der Waals surface area contributed by atoms with Gasteiger partial charge in [-0.3, -0.25) is 4.79 Å². The molecule has 1 heterocycles. The SMILES string of the molecule is CCc1ccccc1NC(=O)c1cnc(Nc2ccc(C)cc2C)cn1. The maximum Gasteiger partial charge on any atom is 0.275 e. The molecule has 1 amide bonds. The molecule has 0 atom stereocenters. The molecule has 0 spiro atoms. The summed E-state index contributed by atoms with van der Waals surface area (Å²) in [5, 5.41) is 6.13. The number of anilines is 3. The molecular weight excluding hydrogens is 324 g/mol. The summed E-state index contributed by atoms with van der Waals surface area (Å²) < 4.78 is 0. The van der Waals surface area contributed by atoms with Crippen LogP contribution in [0.2, 0.25) is 0 Å². The Hall–Kier alpha value is -3.21. The van der Waals surface area contributed by atoms with E-state index in [1.165, 1.54) is 11.8 Å². The first-order valence-electron chi connectivity index (χ1n) is 8.62. The highest BCUT2D eigenvalue weighted by Crippen LogP contribution is 2.20. The lowest BCUT2D eigenvalue weighted by molar-refractivity contribution is 0.102. The van der Waals surface area contributed by atoms with Crippen LogP contribution < -0.4 is 10.6 Å². The van der Waals surface area contributed by atoms with Crippen molar-refractivity contribution in [3.05, 3.63) is 77.2 Å². The van der Waals surface area contributed by atoms with Crippen molar-refractivity contribution in [1.82, 2.24) is 9.97 Å². The minimum Gasteiger partial charge on any atom is -0.339 e. The molecule has 0 aliphatic rings. The van der Waals surface area contributed by atoms with Gasteiger partial charge in [0, 0.05) is 11.4 Å². The Labute approximate surface area is 153 Å². The van der Waals surface area contributed by atoms with Crippen molar-refractivity contribution in [3.63, 3.8) is 0 Å². The van der Waals surface area contributed by atoms with Crippen molar-refractivity contribution in [2.45, 2.75) is 27.2 Å². The van der Waals surface area contributed by atoms with E-state index in [9.17, 15) is 4.79 Å². The number of amides is 1. The molecule has 0 bridgehead atoms. The first-order chi connectivity index (χ1) is 12.6. The Bertz CT molecular complexity index is 920. The molecule has 0 radical (unpaired) electrons. The van der Waals surface area contributed by atoms with Crippen LogP contribution >= 0.6 is 0 Å². The van der Waals surface area contributed by atoms with Crippen LogP contribution in [0.25, 0.3) is 0 Å². The lowest BCUT2D eigenvalue weighted by atomic mass is 10.1. The van der Waals surface area contributed by atoms with Crippen LogP contribution in [0.4, 0.5) is 17.2 Å². The second-order valence-electron chi connectivity index (χ2n) is 6.20. The fraction of sp³-hybridized carbons (Fsp3) is 0.190. The molecule has 2 N–H and O–H groups in total. The van der Waals surface area contributed by atoms with E-state index in [4.69, 9.17) is 0 Å². The molecule has 2 aromatic carbocycles. The Morgan fingerprint density at radius 1 is 1.00 bits per heavy atom. The molecule has 132 valence electrons. The zero-order valence-electron chi connectivity index (χ0n) is 15.2. The number of aryl methyl sites for hydroxylation is 3. The van der Waals surface area contributed by atoms with Crippen LogP contribution in [0.15, 0.2) is 54.9 Å². The predicted molar refractivity (Wildman–Crippen MR) is 105 cm³/mol. The molecule has 3 rings (SSSR count). The molecule has 0 fully saturated rings. The van der Waals surface area contributed by atoms with Gasteiger partial charge in [0.25, 0.3) is 5.91 Å². The van der Waals surface area contributed by atoms with E-state index in [-0.39, 0.29) is 11.6 Å². The number of carbonyl (C=O) groups excluding carboxylic acids is 1. The van der Waals surface area contributed by atoms with Gasteiger partial charge in [-0.1, -0.05) is 42.8 Å². The predicted octanol–water partition coefficient (Wildman–Crippen LogP) is 4.65. The minimum atomic E-state index is -0.267. The second kappa shape index (κ2) is 7.78. The molecule has 3 aromatic rings. The van der Waals surface area contributed by atoms with Gasteiger partial charge < -0.3 is 10.6 Å². The van der Waals surface area contributed by atoms with Gasteiger partial charge in [-0.2, -0.15) is 0 Å². The summed E-state index contributed by atoms with van der Waals surface area (Å²) in [5.74, 6) is 0.332. The molecule has 26 heavy (non-hydrogen) atoms. The Morgan fingerprint density at radius 2 is 1.81 bits per heavy atom. The van der Waals surface area contributed by atoms with Crippen LogP contribution in [-0.2, 0) is 6.42 Å². The molecule has 0 saturated heterocycles. The number of para-hydroxylation sites is 1. The first kappa shape index (κ1) is 17.6. The van der Waals surface area contributed by atoms with Gasteiger partial charge in [-0.25, -0.2) is 9.97 Å². The van der Waals surface area contributed by atoms with Crippen molar-refractivity contribution < 1.29 is 4.79 Å². The highest BCUT2D eigenvalue weighted by molar-refractivity contribution is 6.03. The van der Waals surface area contributed by atoms with Crippen molar-refractivity contribution in [2.75, 3.05) is 10.6 Å². The average molecular weight is 346 g/mol. The summed E-state index contributed by atoms with van der Waals surface area (Å²) in [7, 11) is 0. The smallest absolute Gasteiger partial charge is 0.275 e. The maximum atomic E-state index is 12.4. The normalized spacial score (nSPS) is 10.4. The summed E-state index contributed by atoms with van der Waals surface area (Å²) in [4.78, 5) is 21.0. The van der Waals surface area contributed by atoms with E-state index in [0.717, 1.165) is 28.9 Å². The van der Waals surface area contributed by atoms with Crippen molar-refractivity contribution >= 4 is 23.1 Å². The van der Waals surface area contributed by atoms with E-state index in [1.54, 1.807) is 6.20 Å². The van der Waals surface area contributed by atoms with Gasteiger partial charge in [0.1, 0.15) is 11.5 Å². The van der Waals surface area contributed by atoms with Gasteiger partial charge in [-0.15, -0.1) is 0 Å². The highest BCUT2D eigenvalue weighted by atomic mass is 16.1. The van der Waals surface area contributed by atoms with Crippen LogP contribution in [-0.4, -0.2) is 15.9 Å². The van der Waals surface area contributed by atoms with Crippen LogP contribution in [0.1, 0.15) is 34.1 Å². The third-order valence-electron chi connectivity index (χ3n) is 4.18. The van der Waals surface area contributed by atoms with Crippen LogP contribution in [0, 0.1) is 13.8 Å². The summed E-state index contributed by atoms with van der Waals surface area (Å²) in [5.41, 5.74) is 5.48. The minimum absolute atomic E-state index is 0.267. The fourth-order valence-electron chi connectivity index (χ4n) is 2.74. The molecule has 0 saturated carbocycles. The van der Waals surface area contributed by atoms with Gasteiger partial charge in [0.05, 0.1) is 12.4 Å². The fourth-order valence-corrected chi connectivity index (χ4v) is 2.74. The number of benzene rings is 2. The van der Waals surface area contributed by atoms with E-state index >= 15 is 0 Å². The second-order valence-corrected chi connectivity index (χ2v) is 6.20. The lowest BCUT2D eigenvalue weighted by Gasteiger charge is -2.11. The Kier molecular flexibility index (Phi) is 5.27. The monoisotopic (exact) mass is 346 g/mol. The van der Waals surface area contributed by atoms with E-state index < -0.39 is 0 Å². The molecule has 0 aliphatic heterocycles. The summed E-state index contributed by atoms with van der Waals surface area (Å²) in [6.45, 7) is 6.15. The standard InChI is InChI=1S/C21H22N4O/c1-4-16-7-5-6-8-18(16)25-21(26)19-12-23-20(13-22-19)24-17-10-9-14(2)11-15(17)3/h5-13H,4H2,1-3H3,(H,23,24)(H,25,26). The van der Waals surface area contributed by atoms with Gasteiger partial charge in [-0.05, 0) is 43.5 Å². The van der Waals surface area contributed by atoms with Crippen LogP contribution in [0.5, 0.6) is 0 Å². The molecule has 5 nitrogen and oxygen atoms in total. The number of hydrogen-bond donors (Lipinski definition) is 2. The number of hydrogen-bond acceptors (Lipinski definition) is 4. The van der Waals surface area contributed by atoms with Gasteiger partial charge >= 0.3 is 0 Å². The highest BCUT2D eigenvalue weighted by Gasteiger charge is 2.10. The van der Waals surface area contributed by atoms with Gasteiger partial charge in [0.15, 0.2) is 0 Å². The Balaban J connectivity index is 1.71. The maximum absolute atomic E-state index is 12.4. The first-order valence-corrected chi connectivity index (χ1v) is 8.62. The van der Waals surface area contributed by atoms with Crippen molar-refractivity contribution in [1.29, 1.82) is 0 Å². The summed E-state index contributed by atoms with van der Waals surface area (Å²) >= 11 is 0. The van der Waals surface area contributed by atoms with E-state index in [2.05, 4.69) is 40.5 Å². The van der Waals surface area contributed by atoms with Gasteiger partial charge in [0.2, 0.25) is 0 Å².